The normalized spacial score (nSPS) is 10.1. The molecule has 1 aromatic rings. The predicted molar refractivity (Wildman–Crippen MR) is 52.5 cm³/mol. The van der Waals surface area contributed by atoms with Crippen molar-refractivity contribution in [3.8, 4) is 0 Å². The Balaban J connectivity index is 2.73. The van der Waals surface area contributed by atoms with E-state index in [1.807, 2.05) is 0 Å². The first kappa shape index (κ1) is 11.4. The van der Waals surface area contributed by atoms with Crippen LogP contribution in [0.25, 0.3) is 0 Å². The molecule has 0 bridgehead atoms. The molecule has 0 unspecified atom stereocenters. The lowest BCUT2D eigenvalue weighted by atomic mass is 10.2. The Labute approximate surface area is 85.7 Å². The first-order valence-corrected chi connectivity index (χ1v) is 4.12. The predicted octanol–water partition coefficient (Wildman–Crippen LogP) is 1.09. The number of carbonyl (C=O) groups excluding carboxylic acids is 1. The van der Waals surface area contributed by atoms with Gasteiger partial charge < -0.3 is 15.5 Å². The van der Waals surface area contributed by atoms with Gasteiger partial charge in [-0.2, -0.15) is 0 Å². The number of halogens is 1. The molecule has 3 N–H and O–H groups in total. The number of benzene rings is 1. The highest BCUT2D eigenvalue weighted by Crippen LogP contribution is 2.14. The van der Waals surface area contributed by atoms with E-state index in [2.05, 4.69) is 11.9 Å². The standard InChI is InChI=1S/C10H10FNO3/c1-6(11)9(13)12-8-4-2-7(3-5-8)10(14)15/h2-5,10,14-15H,1H2,(H,12,13). The fraction of sp³-hybridized carbons (Fsp3) is 0.100. The number of hydrogen-bond acceptors (Lipinski definition) is 3. The van der Waals surface area contributed by atoms with Gasteiger partial charge in [-0.3, -0.25) is 4.79 Å². The molecule has 1 aromatic carbocycles. The Kier molecular flexibility index (Phi) is 3.54. The van der Waals surface area contributed by atoms with Crippen LogP contribution in [0.4, 0.5) is 10.1 Å². The summed E-state index contributed by atoms with van der Waals surface area (Å²) in [6, 6.07) is 5.66. The minimum absolute atomic E-state index is 0.284. The lowest BCUT2D eigenvalue weighted by Crippen LogP contribution is -2.11. The number of nitrogens with one attached hydrogen (secondary N) is 1. The maximum Gasteiger partial charge on any atom is 0.283 e. The Bertz CT molecular complexity index is 373. The van der Waals surface area contributed by atoms with Crippen molar-refractivity contribution in [2.45, 2.75) is 6.29 Å². The van der Waals surface area contributed by atoms with Crippen LogP contribution < -0.4 is 5.32 Å². The molecule has 5 heteroatoms. The maximum absolute atomic E-state index is 12.3. The van der Waals surface area contributed by atoms with Crippen molar-refractivity contribution in [3.63, 3.8) is 0 Å². The number of carbonyl (C=O) groups is 1. The molecule has 0 heterocycles. The SMILES string of the molecule is C=C(F)C(=O)Nc1ccc(C(O)O)cc1. The second kappa shape index (κ2) is 4.68. The third kappa shape index (κ3) is 3.16. The molecule has 1 amide bonds. The molecule has 0 saturated heterocycles. The van der Waals surface area contributed by atoms with Gasteiger partial charge in [0.1, 0.15) is 0 Å². The van der Waals surface area contributed by atoms with Gasteiger partial charge in [0.25, 0.3) is 5.91 Å². The van der Waals surface area contributed by atoms with Crippen molar-refractivity contribution in [1.29, 1.82) is 0 Å². The highest BCUT2D eigenvalue weighted by atomic mass is 19.1. The molecule has 0 aliphatic carbocycles. The van der Waals surface area contributed by atoms with E-state index < -0.39 is 18.0 Å². The molecule has 0 radical (unpaired) electrons. The van der Waals surface area contributed by atoms with Crippen molar-refractivity contribution in [2.24, 2.45) is 0 Å². The molecular formula is C10H10FNO3. The average Bonchev–Trinajstić information content (AvgIpc) is 2.18. The molecule has 0 aliphatic rings. The molecule has 0 fully saturated rings. The first-order valence-electron chi connectivity index (χ1n) is 4.12. The summed E-state index contributed by atoms with van der Waals surface area (Å²) in [7, 11) is 0. The summed E-state index contributed by atoms with van der Waals surface area (Å²) in [6.45, 7) is 2.84. The molecule has 1 rings (SSSR count). The van der Waals surface area contributed by atoms with Crippen LogP contribution in [0.5, 0.6) is 0 Å². The molecule has 4 nitrogen and oxygen atoms in total. The third-order valence-electron chi connectivity index (χ3n) is 1.71. The molecular weight excluding hydrogens is 201 g/mol. The van der Waals surface area contributed by atoms with Gasteiger partial charge in [0.05, 0.1) is 0 Å². The first-order chi connectivity index (χ1) is 7.00. The van der Waals surface area contributed by atoms with Crippen molar-refractivity contribution >= 4 is 11.6 Å². The zero-order valence-corrected chi connectivity index (χ0v) is 7.77. The Morgan fingerprint density at radius 1 is 1.33 bits per heavy atom. The van der Waals surface area contributed by atoms with Gasteiger partial charge in [0.2, 0.25) is 0 Å². The van der Waals surface area contributed by atoms with Crippen molar-refractivity contribution in [1.82, 2.24) is 0 Å². The molecule has 0 aliphatic heterocycles. The lowest BCUT2D eigenvalue weighted by Gasteiger charge is -2.06. The van der Waals surface area contributed by atoms with Crippen LogP contribution in [0.2, 0.25) is 0 Å². The molecule has 0 aromatic heterocycles. The molecule has 15 heavy (non-hydrogen) atoms. The summed E-state index contributed by atoms with van der Waals surface area (Å²) < 4.78 is 12.3. The van der Waals surface area contributed by atoms with E-state index in [0.717, 1.165) is 0 Å². The zero-order chi connectivity index (χ0) is 11.4. The number of rotatable bonds is 3. The summed E-state index contributed by atoms with van der Waals surface area (Å²) >= 11 is 0. The highest BCUT2D eigenvalue weighted by molar-refractivity contribution is 6.01. The fourth-order valence-electron chi connectivity index (χ4n) is 0.937. The lowest BCUT2D eigenvalue weighted by molar-refractivity contribution is -0.114. The van der Waals surface area contributed by atoms with E-state index >= 15 is 0 Å². The number of aliphatic hydroxyl groups is 2. The number of anilines is 1. The third-order valence-corrected chi connectivity index (χ3v) is 1.71. The molecule has 80 valence electrons. The topological polar surface area (TPSA) is 69.6 Å². The smallest absolute Gasteiger partial charge is 0.283 e. The van der Waals surface area contributed by atoms with E-state index in [1.54, 1.807) is 0 Å². The fourth-order valence-corrected chi connectivity index (χ4v) is 0.937. The molecule has 0 spiro atoms. The van der Waals surface area contributed by atoms with E-state index in [9.17, 15) is 9.18 Å². The van der Waals surface area contributed by atoms with E-state index in [-0.39, 0.29) is 5.56 Å². The average molecular weight is 211 g/mol. The van der Waals surface area contributed by atoms with Crippen molar-refractivity contribution in [2.75, 3.05) is 5.32 Å². The minimum atomic E-state index is -1.56. The Morgan fingerprint density at radius 3 is 2.27 bits per heavy atom. The molecule has 0 saturated carbocycles. The van der Waals surface area contributed by atoms with Gasteiger partial charge in [-0.05, 0) is 12.1 Å². The van der Waals surface area contributed by atoms with Crippen LogP contribution in [0, 0.1) is 0 Å². The van der Waals surface area contributed by atoms with Crippen molar-refractivity contribution < 1.29 is 19.4 Å². The van der Waals surface area contributed by atoms with Gasteiger partial charge in [0, 0.05) is 11.3 Å². The summed E-state index contributed by atoms with van der Waals surface area (Å²) in [6.07, 6.45) is -1.56. The Morgan fingerprint density at radius 2 is 1.87 bits per heavy atom. The van der Waals surface area contributed by atoms with Gasteiger partial charge in [0.15, 0.2) is 12.1 Å². The second-order valence-electron chi connectivity index (χ2n) is 2.85. The zero-order valence-electron chi connectivity index (χ0n) is 7.77. The minimum Gasteiger partial charge on any atom is -0.364 e. The summed E-state index contributed by atoms with van der Waals surface area (Å²) in [5.74, 6) is -2.01. The van der Waals surface area contributed by atoms with Gasteiger partial charge in [-0.25, -0.2) is 4.39 Å². The van der Waals surface area contributed by atoms with Gasteiger partial charge in [-0.15, -0.1) is 0 Å². The molecule has 0 atom stereocenters. The van der Waals surface area contributed by atoms with Gasteiger partial charge >= 0.3 is 0 Å². The van der Waals surface area contributed by atoms with Crippen LogP contribution in [-0.4, -0.2) is 16.1 Å². The van der Waals surface area contributed by atoms with E-state index in [0.29, 0.717) is 5.69 Å². The maximum atomic E-state index is 12.3. The Hall–Kier alpha value is -1.72. The van der Waals surface area contributed by atoms with Crippen LogP contribution in [-0.2, 0) is 4.79 Å². The van der Waals surface area contributed by atoms with Gasteiger partial charge in [-0.1, -0.05) is 18.7 Å². The number of amides is 1. The monoisotopic (exact) mass is 211 g/mol. The summed E-state index contributed by atoms with van der Waals surface area (Å²) in [5, 5.41) is 19.8. The largest absolute Gasteiger partial charge is 0.364 e. The van der Waals surface area contributed by atoms with E-state index in [1.165, 1.54) is 24.3 Å². The highest BCUT2D eigenvalue weighted by Gasteiger charge is 2.06. The van der Waals surface area contributed by atoms with E-state index in [4.69, 9.17) is 10.2 Å². The number of aliphatic hydroxyl groups excluding tert-OH is 1. The second-order valence-corrected chi connectivity index (χ2v) is 2.85. The van der Waals surface area contributed by atoms with Crippen LogP contribution in [0.1, 0.15) is 11.9 Å². The number of hydrogen-bond donors (Lipinski definition) is 3. The van der Waals surface area contributed by atoms with Crippen LogP contribution >= 0.6 is 0 Å². The quantitative estimate of drug-likeness (QED) is 0.517. The van der Waals surface area contributed by atoms with Crippen LogP contribution in [0.15, 0.2) is 36.7 Å². The summed E-state index contributed by atoms with van der Waals surface area (Å²) in [5.41, 5.74) is 0.635. The van der Waals surface area contributed by atoms with Crippen LogP contribution in [0.3, 0.4) is 0 Å². The summed E-state index contributed by atoms with van der Waals surface area (Å²) in [4.78, 5) is 10.8. The van der Waals surface area contributed by atoms with Crippen molar-refractivity contribution in [3.05, 3.63) is 42.2 Å².